The molecule has 0 heterocycles. The minimum absolute atomic E-state index is 0.572. The van der Waals surface area contributed by atoms with E-state index in [2.05, 4.69) is 13.1 Å². The molecule has 1 nitrogen and oxygen atoms in total. The second-order valence-electron chi connectivity index (χ2n) is 1.38. The van der Waals surface area contributed by atoms with E-state index in [1.807, 2.05) is 0 Å². The van der Waals surface area contributed by atoms with Gasteiger partial charge >= 0.3 is 0 Å². The van der Waals surface area contributed by atoms with Crippen molar-refractivity contribution in [3.05, 3.63) is 0 Å². The van der Waals surface area contributed by atoms with Crippen LogP contribution in [0.25, 0.3) is 0 Å². The summed E-state index contributed by atoms with van der Waals surface area (Å²) in [5.74, 6) is 0. The van der Waals surface area contributed by atoms with Gasteiger partial charge in [-0.15, -0.1) is 0 Å². The van der Waals surface area contributed by atoms with Gasteiger partial charge in [0.05, 0.1) is 17.1 Å². The van der Waals surface area contributed by atoms with E-state index in [1.54, 1.807) is 0 Å². The van der Waals surface area contributed by atoms with Gasteiger partial charge in [-0.25, -0.2) is 0 Å². The summed E-state index contributed by atoms with van der Waals surface area (Å²) in [6.07, 6.45) is 0. The van der Waals surface area contributed by atoms with Crippen LogP contribution in [0.15, 0.2) is 0 Å². The Kier molecular flexibility index (Phi) is 3.92. The SMILES string of the molecule is [B][SiH2]O[SiH](C)C. The first-order valence-corrected chi connectivity index (χ1v) is 6.26. The Hall–Kier alpha value is 0.459. The molecule has 0 bridgehead atoms. The second-order valence-corrected chi connectivity index (χ2v) is 5.15. The van der Waals surface area contributed by atoms with E-state index >= 15 is 0 Å². The molecule has 0 spiro atoms. The lowest BCUT2D eigenvalue weighted by molar-refractivity contribution is 0.641. The molecule has 34 valence electrons. The van der Waals surface area contributed by atoms with Gasteiger partial charge in [-0.3, -0.25) is 0 Å². The summed E-state index contributed by atoms with van der Waals surface area (Å²) < 4.78 is 5.10. The molecule has 0 atom stereocenters. The van der Waals surface area contributed by atoms with Crippen molar-refractivity contribution in [1.29, 1.82) is 0 Å². The molecule has 2 radical (unpaired) electrons. The molecular weight excluding hydrogens is 107 g/mol. The van der Waals surface area contributed by atoms with E-state index in [0.29, 0.717) is 0 Å². The van der Waals surface area contributed by atoms with Gasteiger partial charge in [0, 0.05) is 0 Å². The fourth-order valence-electron chi connectivity index (χ4n) is 0.192. The van der Waals surface area contributed by atoms with E-state index < -0.39 is 18.7 Å². The third-order valence-electron chi connectivity index (χ3n) is 0.430. The zero-order valence-electron chi connectivity index (χ0n) is 4.27. The van der Waals surface area contributed by atoms with E-state index in [-0.39, 0.29) is 0 Å². The Bertz CT molecular complexity index is 32.7. The smallest absolute Gasteiger partial charge is 0.155 e. The molecule has 6 heavy (non-hydrogen) atoms. The van der Waals surface area contributed by atoms with E-state index in [9.17, 15) is 0 Å². The van der Waals surface area contributed by atoms with Crippen molar-refractivity contribution >= 4 is 26.1 Å². The van der Waals surface area contributed by atoms with Crippen molar-refractivity contribution in [2.45, 2.75) is 13.1 Å². The standard InChI is InChI=1S/C2H9BOSi2/c1-6(2)4-5-3/h6H,5H2,1-2H3. The fourth-order valence-corrected chi connectivity index (χ4v) is 1.73. The zero-order valence-corrected chi connectivity index (χ0v) is 6.84. The highest BCUT2D eigenvalue weighted by Crippen LogP contribution is 1.75. The Morgan fingerprint density at radius 3 is 2.17 bits per heavy atom. The molecule has 0 aromatic rings. The van der Waals surface area contributed by atoms with Crippen LogP contribution in [0.2, 0.25) is 13.1 Å². The first kappa shape index (κ1) is 6.46. The average molecular weight is 116 g/mol. The van der Waals surface area contributed by atoms with Crippen molar-refractivity contribution in [3.63, 3.8) is 0 Å². The Morgan fingerprint density at radius 2 is 2.17 bits per heavy atom. The predicted molar refractivity (Wildman–Crippen MR) is 34.3 cm³/mol. The summed E-state index contributed by atoms with van der Waals surface area (Å²) >= 11 is 0. The normalized spacial score (nSPS) is 11.8. The number of hydrogen-bond acceptors (Lipinski definition) is 1. The quantitative estimate of drug-likeness (QED) is 0.427. The highest BCUT2D eigenvalue weighted by atomic mass is 28.3. The summed E-state index contributed by atoms with van der Waals surface area (Å²) in [6, 6.07) is 0. The summed E-state index contributed by atoms with van der Waals surface area (Å²) in [6.45, 7) is 4.25. The Labute approximate surface area is 44.1 Å². The largest absolute Gasteiger partial charge is 0.471 e. The van der Waals surface area contributed by atoms with E-state index in [1.165, 1.54) is 0 Å². The van der Waals surface area contributed by atoms with Crippen LogP contribution in [-0.2, 0) is 4.12 Å². The molecule has 0 aliphatic carbocycles. The van der Waals surface area contributed by atoms with Gasteiger partial charge in [-0.2, -0.15) is 0 Å². The van der Waals surface area contributed by atoms with Crippen molar-refractivity contribution < 1.29 is 4.12 Å². The number of hydrogen-bond donors (Lipinski definition) is 0. The molecule has 0 aromatic heterocycles. The molecule has 0 N–H and O–H groups in total. The van der Waals surface area contributed by atoms with E-state index in [4.69, 9.17) is 11.6 Å². The van der Waals surface area contributed by atoms with Gasteiger partial charge in [-0.1, -0.05) is 0 Å². The summed E-state index contributed by atoms with van der Waals surface area (Å²) in [5, 5.41) is 0. The summed E-state index contributed by atoms with van der Waals surface area (Å²) in [7, 11) is 3.88. The maximum Gasteiger partial charge on any atom is 0.155 e. The van der Waals surface area contributed by atoms with Gasteiger partial charge in [-0.05, 0) is 13.1 Å². The summed E-state index contributed by atoms with van der Waals surface area (Å²) in [5.41, 5.74) is 0. The van der Waals surface area contributed by atoms with Crippen molar-refractivity contribution in [1.82, 2.24) is 0 Å². The molecule has 0 fully saturated rings. The molecule has 0 amide bonds. The maximum absolute atomic E-state index is 5.18. The Balaban J connectivity index is 2.63. The molecule has 0 aliphatic heterocycles. The minimum Gasteiger partial charge on any atom is -0.471 e. The van der Waals surface area contributed by atoms with Crippen LogP contribution in [0.3, 0.4) is 0 Å². The molecular formula is C2H9BOSi2. The van der Waals surface area contributed by atoms with Crippen molar-refractivity contribution in [3.8, 4) is 0 Å². The highest BCUT2D eigenvalue weighted by molar-refractivity contribution is 6.88. The average Bonchev–Trinajstić information content (AvgIpc) is 1.35. The van der Waals surface area contributed by atoms with Gasteiger partial charge in [0.15, 0.2) is 9.04 Å². The molecule has 0 saturated carbocycles. The van der Waals surface area contributed by atoms with Crippen LogP contribution in [-0.4, -0.2) is 26.1 Å². The lowest BCUT2D eigenvalue weighted by Gasteiger charge is -1.99. The second kappa shape index (κ2) is 3.64. The first-order chi connectivity index (χ1) is 2.77. The van der Waals surface area contributed by atoms with Crippen molar-refractivity contribution in [2.24, 2.45) is 0 Å². The minimum atomic E-state index is -0.734. The van der Waals surface area contributed by atoms with Gasteiger partial charge in [0.25, 0.3) is 0 Å². The third-order valence-corrected chi connectivity index (χ3v) is 3.87. The fraction of sp³-hybridized carbons (Fsp3) is 1.00. The van der Waals surface area contributed by atoms with Crippen LogP contribution < -0.4 is 0 Å². The molecule has 0 aliphatic rings. The third kappa shape index (κ3) is 4.46. The van der Waals surface area contributed by atoms with Crippen LogP contribution in [0.4, 0.5) is 0 Å². The molecule has 4 heteroatoms. The Morgan fingerprint density at radius 1 is 1.67 bits per heavy atom. The monoisotopic (exact) mass is 116 g/mol. The van der Waals surface area contributed by atoms with Gasteiger partial charge in [0.2, 0.25) is 0 Å². The zero-order chi connectivity index (χ0) is 4.99. The molecule has 0 aromatic carbocycles. The van der Waals surface area contributed by atoms with Crippen LogP contribution in [0, 0.1) is 0 Å². The van der Waals surface area contributed by atoms with Gasteiger partial charge < -0.3 is 4.12 Å². The van der Waals surface area contributed by atoms with Crippen LogP contribution in [0.1, 0.15) is 0 Å². The van der Waals surface area contributed by atoms with E-state index in [0.717, 1.165) is 0 Å². The number of rotatable bonds is 2. The first-order valence-electron chi connectivity index (χ1n) is 2.09. The van der Waals surface area contributed by atoms with Crippen LogP contribution >= 0.6 is 0 Å². The highest BCUT2D eigenvalue weighted by Gasteiger charge is 1.87. The lowest BCUT2D eigenvalue weighted by Crippen LogP contribution is -2.10. The van der Waals surface area contributed by atoms with Gasteiger partial charge in [0.1, 0.15) is 0 Å². The van der Waals surface area contributed by atoms with Crippen molar-refractivity contribution in [2.75, 3.05) is 0 Å². The summed E-state index contributed by atoms with van der Waals surface area (Å²) in [4.78, 5) is 0. The molecule has 0 saturated heterocycles. The predicted octanol–water partition coefficient (Wildman–Crippen LogP) is -0.846. The maximum atomic E-state index is 5.18. The van der Waals surface area contributed by atoms with Crippen LogP contribution in [0.5, 0.6) is 0 Å². The topological polar surface area (TPSA) is 9.23 Å². The lowest BCUT2D eigenvalue weighted by atomic mass is 10.8. The molecule has 0 rings (SSSR count). The molecule has 0 unspecified atom stereocenters.